The number of fused-ring (bicyclic) bond motifs is 1. The fraction of sp³-hybridized carbons (Fsp3) is 0.250. The van der Waals surface area contributed by atoms with E-state index in [1.54, 1.807) is 22.3 Å². The first-order valence-corrected chi connectivity index (χ1v) is 7.80. The Morgan fingerprint density at radius 2 is 2.26 bits per heavy atom. The van der Waals surface area contributed by atoms with E-state index in [2.05, 4.69) is 22.2 Å². The summed E-state index contributed by atoms with van der Waals surface area (Å²) in [5.74, 6) is 2.38. The van der Waals surface area contributed by atoms with Gasteiger partial charge in [0.1, 0.15) is 10.8 Å². The summed E-state index contributed by atoms with van der Waals surface area (Å²) in [7, 11) is 0. The molecule has 0 spiro atoms. The van der Waals surface area contributed by atoms with Gasteiger partial charge in [-0.1, -0.05) is 30.4 Å². The van der Waals surface area contributed by atoms with Crippen LogP contribution in [0.3, 0.4) is 0 Å². The minimum Gasteiger partial charge on any atom is -0.207 e. The van der Waals surface area contributed by atoms with Gasteiger partial charge in [0.25, 0.3) is 0 Å². The second kappa shape index (κ2) is 5.26. The first-order valence-electron chi connectivity index (χ1n) is 5.82. The topological polar surface area (TPSA) is 43.1 Å². The highest BCUT2D eigenvalue weighted by molar-refractivity contribution is 7.98. The number of hydrogen-bond acceptors (Lipinski definition) is 5. The third-order valence-electron chi connectivity index (χ3n) is 2.56. The van der Waals surface area contributed by atoms with Crippen molar-refractivity contribution in [3.8, 4) is 10.6 Å². The number of rotatable bonds is 4. The molecule has 0 aliphatic rings. The first-order chi connectivity index (χ1) is 9.28. The highest BCUT2D eigenvalue weighted by atomic mass is 32.2. The Morgan fingerprint density at radius 1 is 1.37 bits per heavy atom. The number of aromatic nitrogens is 4. The van der Waals surface area contributed by atoms with E-state index >= 15 is 0 Å². The van der Waals surface area contributed by atoms with Crippen molar-refractivity contribution >= 4 is 28.1 Å². The van der Waals surface area contributed by atoms with Crippen LogP contribution in [0.2, 0.25) is 0 Å². The lowest BCUT2D eigenvalue weighted by atomic mass is 10.2. The zero-order valence-corrected chi connectivity index (χ0v) is 11.8. The van der Waals surface area contributed by atoms with E-state index in [1.165, 1.54) is 23.5 Å². The molecular formula is C12H11FN4S2. The van der Waals surface area contributed by atoms with E-state index in [4.69, 9.17) is 0 Å². The monoisotopic (exact) mass is 294 g/mol. The minimum atomic E-state index is -0.259. The molecule has 98 valence electrons. The van der Waals surface area contributed by atoms with E-state index in [1.807, 2.05) is 6.07 Å². The summed E-state index contributed by atoms with van der Waals surface area (Å²) in [5.41, 5.74) is 0.768. The van der Waals surface area contributed by atoms with Gasteiger partial charge in [0.15, 0.2) is 5.82 Å². The lowest BCUT2D eigenvalue weighted by Gasteiger charge is -1.95. The number of benzene rings is 1. The van der Waals surface area contributed by atoms with Gasteiger partial charge in [-0.3, -0.25) is 0 Å². The molecule has 0 saturated carbocycles. The van der Waals surface area contributed by atoms with Crippen molar-refractivity contribution < 1.29 is 4.39 Å². The van der Waals surface area contributed by atoms with Gasteiger partial charge in [-0.05, 0) is 17.9 Å². The van der Waals surface area contributed by atoms with E-state index in [0.29, 0.717) is 0 Å². The van der Waals surface area contributed by atoms with Gasteiger partial charge in [0.2, 0.25) is 4.96 Å². The molecule has 4 nitrogen and oxygen atoms in total. The Labute approximate surface area is 117 Å². The molecule has 0 unspecified atom stereocenters. The zero-order valence-electron chi connectivity index (χ0n) is 10.2. The standard InChI is InChI=1S/C12H11FN4S2/c1-2-18-7-10-14-15-12-17(10)16-11(19-12)8-4-3-5-9(13)6-8/h3-6H,2,7H2,1H3. The Balaban J connectivity index is 2.00. The maximum Gasteiger partial charge on any atom is 0.235 e. The van der Waals surface area contributed by atoms with Crippen molar-refractivity contribution in [2.24, 2.45) is 0 Å². The second-order valence-corrected chi connectivity index (χ2v) is 6.10. The SMILES string of the molecule is CCSCc1nnc2sc(-c3cccc(F)c3)nn12. The fourth-order valence-electron chi connectivity index (χ4n) is 1.68. The van der Waals surface area contributed by atoms with E-state index in [9.17, 15) is 4.39 Å². The molecule has 7 heteroatoms. The molecule has 0 saturated heterocycles. The Bertz CT molecular complexity index is 707. The summed E-state index contributed by atoms with van der Waals surface area (Å²) in [5, 5.41) is 13.4. The number of thioether (sulfide) groups is 1. The van der Waals surface area contributed by atoms with Gasteiger partial charge in [0.05, 0.1) is 5.75 Å². The average Bonchev–Trinajstić information content (AvgIpc) is 2.97. The number of hydrogen-bond donors (Lipinski definition) is 0. The van der Waals surface area contributed by atoms with Crippen LogP contribution in [-0.4, -0.2) is 25.6 Å². The van der Waals surface area contributed by atoms with E-state index < -0.39 is 0 Å². The third-order valence-corrected chi connectivity index (χ3v) is 4.38. The van der Waals surface area contributed by atoms with Crippen LogP contribution in [0.25, 0.3) is 15.5 Å². The molecule has 3 rings (SSSR count). The minimum absolute atomic E-state index is 0.259. The molecule has 0 atom stereocenters. The molecular weight excluding hydrogens is 283 g/mol. The molecule has 0 aliphatic heterocycles. The fourth-order valence-corrected chi connectivity index (χ4v) is 3.10. The van der Waals surface area contributed by atoms with Crippen molar-refractivity contribution in [1.82, 2.24) is 19.8 Å². The van der Waals surface area contributed by atoms with Crippen LogP contribution < -0.4 is 0 Å². The quantitative estimate of drug-likeness (QED) is 0.741. The number of nitrogens with zero attached hydrogens (tertiary/aromatic N) is 4. The molecule has 1 aromatic carbocycles. The van der Waals surface area contributed by atoms with Crippen LogP contribution in [0.1, 0.15) is 12.7 Å². The van der Waals surface area contributed by atoms with Crippen LogP contribution in [0.4, 0.5) is 4.39 Å². The van der Waals surface area contributed by atoms with E-state index in [-0.39, 0.29) is 5.82 Å². The van der Waals surface area contributed by atoms with Crippen LogP contribution in [0, 0.1) is 5.82 Å². The van der Waals surface area contributed by atoms with Crippen LogP contribution >= 0.6 is 23.1 Å². The third kappa shape index (κ3) is 2.48. The Kier molecular flexibility index (Phi) is 3.48. The van der Waals surface area contributed by atoms with Gasteiger partial charge < -0.3 is 0 Å². The predicted molar refractivity (Wildman–Crippen MR) is 75.9 cm³/mol. The average molecular weight is 294 g/mol. The molecule has 0 amide bonds. The summed E-state index contributed by atoms with van der Waals surface area (Å²) in [6.07, 6.45) is 0. The van der Waals surface area contributed by atoms with Gasteiger partial charge in [-0.2, -0.15) is 21.4 Å². The summed E-state index contributed by atoms with van der Waals surface area (Å²) >= 11 is 3.19. The molecule has 2 heterocycles. The van der Waals surface area contributed by atoms with Crippen molar-refractivity contribution in [2.45, 2.75) is 12.7 Å². The van der Waals surface area contributed by atoms with Crippen molar-refractivity contribution in [1.29, 1.82) is 0 Å². The maximum atomic E-state index is 13.2. The summed E-state index contributed by atoms with van der Waals surface area (Å²) in [6.45, 7) is 2.10. The van der Waals surface area contributed by atoms with Crippen LogP contribution in [0.5, 0.6) is 0 Å². The second-order valence-electron chi connectivity index (χ2n) is 3.87. The van der Waals surface area contributed by atoms with Crippen molar-refractivity contribution in [3.05, 3.63) is 35.9 Å². The molecule has 0 radical (unpaired) electrons. The number of halogens is 1. The van der Waals surface area contributed by atoms with Gasteiger partial charge in [0, 0.05) is 5.56 Å². The molecule has 0 N–H and O–H groups in total. The molecule has 0 fully saturated rings. The van der Waals surface area contributed by atoms with Gasteiger partial charge >= 0.3 is 0 Å². The smallest absolute Gasteiger partial charge is 0.207 e. The molecule has 19 heavy (non-hydrogen) atoms. The molecule has 3 aromatic rings. The lowest BCUT2D eigenvalue weighted by molar-refractivity contribution is 0.628. The van der Waals surface area contributed by atoms with Crippen molar-refractivity contribution in [3.63, 3.8) is 0 Å². The summed E-state index contributed by atoms with van der Waals surface area (Å²) in [6, 6.07) is 6.43. The lowest BCUT2D eigenvalue weighted by Crippen LogP contribution is -1.94. The van der Waals surface area contributed by atoms with Gasteiger partial charge in [-0.25, -0.2) is 4.39 Å². The molecule has 2 aromatic heterocycles. The normalized spacial score (nSPS) is 11.3. The molecule has 0 aliphatic carbocycles. The molecule has 0 bridgehead atoms. The Morgan fingerprint density at radius 3 is 3.05 bits per heavy atom. The van der Waals surface area contributed by atoms with Crippen LogP contribution in [0.15, 0.2) is 24.3 Å². The van der Waals surface area contributed by atoms with E-state index in [0.717, 1.165) is 32.9 Å². The summed E-state index contributed by atoms with van der Waals surface area (Å²) in [4.78, 5) is 0.742. The van der Waals surface area contributed by atoms with Crippen LogP contribution in [-0.2, 0) is 5.75 Å². The van der Waals surface area contributed by atoms with Crippen molar-refractivity contribution in [2.75, 3.05) is 5.75 Å². The predicted octanol–water partition coefficient (Wildman–Crippen LogP) is 3.25. The largest absolute Gasteiger partial charge is 0.235 e. The summed E-state index contributed by atoms with van der Waals surface area (Å²) < 4.78 is 15.0. The van der Waals surface area contributed by atoms with Gasteiger partial charge in [-0.15, -0.1) is 10.2 Å². The maximum absolute atomic E-state index is 13.2. The first kappa shape index (κ1) is 12.6. The highest BCUT2D eigenvalue weighted by Gasteiger charge is 2.12. The highest BCUT2D eigenvalue weighted by Crippen LogP contribution is 2.26. The zero-order chi connectivity index (χ0) is 13.2. The Hall–Kier alpha value is -1.47.